The molecule has 1 aliphatic rings. The van der Waals surface area contributed by atoms with Crippen LogP contribution < -0.4 is 10.2 Å². The Morgan fingerprint density at radius 1 is 1.58 bits per heavy atom. The molecule has 1 aromatic rings. The highest BCUT2D eigenvalue weighted by atomic mass is 16.6. The minimum absolute atomic E-state index is 0.0973. The van der Waals surface area contributed by atoms with Crippen molar-refractivity contribution in [3.63, 3.8) is 0 Å². The van der Waals surface area contributed by atoms with Gasteiger partial charge in [0, 0.05) is 31.4 Å². The molecule has 6 heteroatoms. The monoisotopic (exact) mass is 264 g/mol. The van der Waals surface area contributed by atoms with Crippen molar-refractivity contribution >= 4 is 11.5 Å². The topological polar surface area (TPSA) is 71.3 Å². The highest BCUT2D eigenvalue weighted by Gasteiger charge is 2.18. The van der Waals surface area contributed by atoms with E-state index in [0.717, 1.165) is 26.1 Å². The molecule has 1 aliphatic heterocycles. The second-order valence-corrected chi connectivity index (χ2v) is 4.81. The Morgan fingerprint density at radius 2 is 2.42 bits per heavy atom. The van der Waals surface area contributed by atoms with E-state index in [4.69, 9.17) is 0 Å². The Morgan fingerprint density at radius 3 is 3.05 bits per heavy atom. The molecule has 2 rings (SSSR count). The SMILES string of the molecule is CCN(CC1CCCCN1)c1cc([N+](=O)[O-])ccn1. The predicted octanol–water partition coefficient (Wildman–Crippen LogP) is 1.96. The average Bonchev–Trinajstić information content (AvgIpc) is 2.46. The van der Waals surface area contributed by atoms with Gasteiger partial charge in [0.15, 0.2) is 0 Å². The molecule has 0 aliphatic carbocycles. The minimum atomic E-state index is -0.377. The number of nitrogens with one attached hydrogen (secondary N) is 1. The molecule has 1 atom stereocenters. The van der Waals surface area contributed by atoms with Gasteiger partial charge in [-0.25, -0.2) is 4.98 Å². The van der Waals surface area contributed by atoms with Crippen LogP contribution in [0.2, 0.25) is 0 Å². The van der Waals surface area contributed by atoms with Crippen LogP contribution in [0.3, 0.4) is 0 Å². The third-order valence-electron chi connectivity index (χ3n) is 3.50. The van der Waals surface area contributed by atoms with Crippen molar-refractivity contribution in [1.82, 2.24) is 10.3 Å². The van der Waals surface area contributed by atoms with Gasteiger partial charge < -0.3 is 10.2 Å². The van der Waals surface area contributed by atoms with Crippen LogP contribution >= 0.6 is 0 Å². The van der Waals surface area contributed by atoms with Crippen molar-refractivity contribution in [1.29, 1.82) is 0 Å². The minimum Gasteiger partial charge on any atom is -0.355 e. The molecule has 2 heterocycles. The molecular formula is C13H20N4O2. The molecular weight excluding hydrogens is 244 g/mol. The molecule has 0 saturated carbocycles. The second kappa shape index (κ2) is 6.47. The molecule has 19 heavy (non-hydrogen) atoms. The summed E-state index contributed by atoms with van der Waals surface area (Å²) >= 11 is 0. The lowest BCUT2D eigenvalue weighted by Gasteiger charge is -2.30. The first-order chi connectivity index (χ1) is 9.20. The summed E-state index contributed by atoms with van der Waals surface area (Å²) in [6, 6.07) is 3.43. The van der Waals surface area contributed by atoms with Gasteiger partial charge in [0.05, 0.1) is 11.0 Å². The Bertz CT molecular complexity index is 432. The van der Waals surface area contributed by atoms with Crippen LogP contribution in [0.25, 0.3) is 0 Å². The summed E-state index contributed by atoms with van der Waals surface area (Å²) in [5.41, 5.74) is 0.0973. The highest BCUT2D eigenvalue weighted by Crippen LogP contribution is 2.19. The van der Waals surface area contributed by atoms with Crippen molar-refractivity contribution in [2.75, 3.05) is 24.5 Å². The largest absolute Gasteiger partial charge is 0.355 e. The molecule has 0 spiro atoms. The molecule has 1 saturated heterocycles. The van der Waals surface area contributed by atoms with E-state index >= 15 is 0 Å². The standard InChI is InChI=1S/C13H20N4O2/c1-2-16(10-11-5-3-4-7-14-11)13-9-12(17(18)19)6-8-15-13/h6,8-9,11,14H,2-5,7,10H2,1H3. The van der Waals surface area contributed by atoms with E-state index in [1.165, 1.54) is 25.1 Å². The number of nitrogens with zero attached hydrogens (tertiary/aromatic N) is 3. The van der Waals surface area contributed by atoms with Gasteiger partial charge in [-0.05, 0) is 26.3 Å². The highest BCUT2D eigenvalue weighted by molar-refractivity contribution is 5.46. The van der Waals surface area contributed by atoms with E-state index in [1.807, 2.05) is 6.92 Å². The summed E-state index contributed by atoms with van der Waals surface area (Å²) in [6.07, 6.45) is 5.14. The van der Waals surface area contributed by atoms with E-state index in [1.54, 1.807) is 6.07 Å². The number of hydrogen-bond acceptors (Lipinski definition) is 5. The van der Waals surface area contributed by atoms with Crippen LogP contribution in [0.4, 0.5) is 11.5 Å². The Balaban J connectivity index is 2.07. The fourth-order valence-electron chi connectivity index (χ4n) is 2.42. The Kier molecular flexibility index (Phi) is 4.68. The summed E-state index contributed by atoms with van der Waals surface area (Å²) in [4.78, 5) is 16.8. The number of rotatable bonds is 5. The average molecular weight is 264 g/mol. The summed E-state index contributed by atoms with van der Waals surface area (Å²) in [5.74, 6) is 0.684. The fraction of sp³-hybridized carbons (Fsp3) is 0.615. The van der Waals surface area contributed by atoms with E-state index in [2.05, 4.69) is 15.2 Å². The first kappa shape index (κ1) is 13.7. The van der Waals surface area contributed by atoms with Gasteiger partial charge in [0.25, 0.3) is 5.69 Å². The van der Waals surface area contributed by atoms with Crippen molar-refractivity contribution in [3.05, 3.63) is 28.4 Å². The van der Waals surface area contributed by atoms with Crippen LogP contribution in [0, 0.1) is 10.1 Å². The summed E-state index contributed by atoms with van der Waals surface area (Å²) < 4.78 is 0. The van der Waals surface area contributed by atoms with Gasteiger partial charge in [0.2, 0.25) is 0 Å². The zero-order chi connectivity index (χ0) is 13.7. The summed E-state index contributed by atoms with van der Waals surface area (Å²) in [6.45, 7) is 4.75. The molecule has 6 nitrogen and oxygen atoms in total. The number of likely N-dealkylation sites (N-methyl/N-ethyl adjacent to an activating group) is 1. The number of anilines is 1. The summed E-state index contributed by atoms with van der Waals surface area (Å²) in [5, 5.41) is 14.3. The molecule has 104 valence electrons. The fourth-order valence-corrected chi connectivity index (χ4v) is 2.42. The van der Waals surface area contributed by atoms with Crippen LogP contribution in [0.5, 0.6) is 0 Å². The lowest BCUT2D eigenvalue weighted by Crippen LogP contribution is -2.44. The Labute approximate surface area is 113 Å². The predicted molar refractivity (Wildman–Crippen MR) is 74.4 cm³/mol. The lowest BCUT2D eigenvalue weighted by molar-refractivity contribution is -0.384. The van der Waals surface area contributed by atoms with Crippen LogP contribution in [-0.4, -0.2) is 35.6 Å². The summed E-state index contributed by atoms with van der Waals surface area (Å²) in [7, 11) is 0. The molecule has 0 radical (unpaired) electrons. The number of piperidine rings is 1. The first-order valence-corrected chi connectivity index (χ1v) is 6.79. The smallest absolute Gasteiger partial charge is 0.274 e. The van der Waals surface area contributed by atoms with E-state index in [0.29, 0.717) is 11.9 Å². The maximum Gasteiger partial charge on any atom is 0.274 e. The lowest BCUT2D eigenvalue weighted by atomic mass is 10.0. The van der Waals surface area contributed by atoms with Gasteiger partial charge in [-0.2, -0.15) is 0 Å². The van der Waals surface area contributed by atoms with E-state index < -0.39 is 0 Å². The molecule has 0 amide bonds. The van der Waals surface area contributed by atoms with Crippen LogP contribution in [-0.2, 0) is 0 Å². The van der Waals surface area contributed by atoms with Gasteiger partial charge in [-0.15, -0.1) is 0 Å². The second-order valence-electron chi connectivity index (χ2n) is 4.81. The van der Waals surface area contributed by atoms with Crippen LogP contribution in [0.1, 0.15) is 26.2 Å². The van der Waals surface area contributed by atoms with Crippen molar-refractivity contribution in [2.24, 2.45) is 0 Å². The third kappa shape index (κ3) is 3.64. The normalized spacial score (nSPS) is 19.1. The molecule has 0 aromatic carbocycles. The van der Waals surface area contributed by atoms with Crippen molar-refractivity contribution in [3.8, 4) is 0 Å². The molecule has 1 fully saturated rings. The van der Waals surface area contributed by atoms with Crippen molar-refractivity contribution < 1.29 is 4.92 Å². The number of aromatic nitrogens is 1. The molecule has 1 N–H and O–H groups in total. The Hall–Kier alpha value is -1.69. The number of pyridine rings is 1. The van der Waals surface area contributed by atoms with Crippen molar-refractivity contribution in [2.45, 2.75) is 32.2 Å². The van der Waals surface area contributed by atoms with Crippen LogP contribution in [0.15, 0.2) is 18.3 Å². The van der Waals surface area contributed by atoms with Gasteiger partial charge >= 0.3 is 0 Å². The zero-order valence-corrected chi connectivity index (χ0v) is 11.2. The molecule has 0 bridgehead atoms. The van der Waals surface area contributed by atoms with E-state index in [9.17, 15) is 10.1 Å². The van der Waals surface area contributed by atoms with E-state index in [-0.39, 0.29) is 10.6 Å². The zero-order valence-electron chi connectivity index (χ0n) is 11.2. The third-order valence-corrected chi connectivity index (χ3v) is 3.50. The quantitative estimate of drug-likeness (QED) is 0.650. The van der Waals surface area contributed by atoms with Gasteiger partial charge in [-0.3, -0.25) is 10.1 Å². The maximum atomic E-state index is 10.8. The molecule has 1 aromatic heterocycles. The number of hydrogen-bond donors (Lipinski definition) is 1. The van der Waals surface area contributed by atoms with Gasteiger partial charge in [-0.1, -0.05) is 6.42 Å². The first-order valence-electron chi connectivity index (χ1n) is 6.79. The molecule has 1 unspecified atom stereocenters. The number of nitro groups is 1. The maximum absolute atomic E-state index is 10.8. The van der Waals surface area contributed by atoms with Gasteiger partial charge in [0.1, 0.15) is 5.82 Å².